The van der Waals surface area contributed by atoms with Crippen LogP contribution in [-0.4, -0.2) is 30.0 Å². The second-order valence-corrected chi connectivity index (χ2v) is 6.25. The molecule has 1 saturated heterocycles. The molecule has 0 aromatic heterocycles. The third-order valence-corrected chi connectivity index (χ3v) is 4.44. The predicted molar refractivity (Wildman–Crippen MR) is 90.6 cm³/mol. The highest BCUT2D eigenvalue weighted by molar-refractivity contribution is 6.07. The summed E-state index contributed by atoms with van der Waals surface area (Å²) in [5, 5.41) is 2.55. The number of urea groups is 1. The molecule has 1 heterocycles. The number of carbonyl (C=O) groups excluding carboxylic acids is 2. The monoisotopic (exact) mass is 360 g/mol. The van der Waals surface area contributed by atoms with Crippen LogP contribution in [0.25, 0.3) is 0 Å². The van der Waals surface area contributed by atoms with Crippen molar-refractivity contribution in [3.05, 3.63) is 65.2 Å². The first-order valence-corrected chi connectivity index (χ1v) is 8.11. The summed E-state index contributed by atoms with van der Waals surface area (Å²) in [6.07, 6.45) is 0. The Labute approximate surface area is 149 Å². The first-order valence-electron chi connectivity index (χ1n) is 8.11. The van der Waals surface area contributed by atoms with Crippen molar-refractivity contribution in [2.45, 2.75) is 19.4 Å². The molecule has 0 spiro atoms. The van der Waals surface area contributed by atoms with E-state index in [9.17, 15) is 18.4 Å². The lowest BCUT2D eigenvalue weighted by Gasteiger charge is -2.22. The molecule has 2 aromatic carbocycles. The zero-order chi connectivity index (χ0) is 18.9. The summed E-state index contributed by atoms with van der Waals surface area (Å²) < 4.78 is 32.3. The Morgan fingerprint density at radius 3 is 2.54 bits per heavy atom. The fourth-order valence-electron chi connectivity index (χ4n) is 2.87. The summed E-state index contributed by atoms with van der Waals surface area (Å²) >= 11 is 0. The highest BCUT2D eigenvalue weighted by Crippen LogP contribution is 2.29. The van der Waals surface area contributed by atoms with Gasteiger partial charge in [-0.3, -0.25) is 9.69 Å². The van der Waals surface area contributed by atoms with E-state index >= 15 is 0 Å². The quantitative estimate of drug-likeness (QED) is 0.834. The summed E-state index contributed by atoms with van der Waals surface area (Å²) in [6, 6.07) is 9.93. The lowest BCUT2D eigenvalue weighted by Crippen LogP contribution is -2.41. The van der Waals surface area contributed by atoms with Crippen LogP contribution >= 0.6 is 0 Å². The minimum atomic E-state index is -1.45. The van der Waals surface area contributed by atoms with Gasteiger partial charge >= 0.3 is 6.03 Å². The minimum Gasteiger partial charge on any atom is -0.491 e. The third-order valence-electron chi connectivity index (χ3n) is 4.44. The number of nitrogens with one attached hydrogen (secondary N) is 1. The maximum Gasteiger partial charge on any atom is 0.325 e. The van der Waals surface area contributed by atoms with Gasteiger partial charge in [-0.25, -0.2) is 13.6 Å². The van der Waals surface area contributed by atoms with Crippen LogP contribution in [0.4, 0.5) is 13.6 Å². The van der Waals surface area contributed by atoms with Gasteiger partial charge in [0, 0.05) is 0 Å². The van der Waals surface area contributed by atoms with Crippen molar-refractivity contribution in [3.8, 4) is 5.75 Å². The zero-order valence-corrected chi connectivity index (χ0v) is 14.4. The van der Waals surface area contributed by atoms with E-state index in [0.717, 1.165) is 22.6 Å². The van der Waals surface area contributed by atoms with Gasteiger partial charge in [0.05, 0.1) is 6.54 Å². The van der Waals surface area contributed by atoms with Crippen LogP contribution in [0.2, 0.25) is 0 Å². The van der Waals surface area contributed by atoms with Crippen LogP contribution in [0.15, 0.2) is 42.5 Å². The maximum absolute atomic E-state index is 13.5. The standard InChI is InChI=1S/C19H18F2N2O3/c1-12-5-3-4-6-16(12)26-10-9-23-17(24)19(2,22-18(23)25)13-7-8-14(20)15(21)11-13/h3-8,11H,9-10H2,1-2H3,(H,22,25). The number of benzene rings is 2. The second kappa shape index (κ2) is 6.74. The molecular weight excluding hydrogens is 342 g/mol. The van der Waals surface area contributed by atoms with E-state index in [4.69, 9.17) is 4.74 Å². The lowest BCUT2D eigenvalue weighted by molar-refractivity contribution is -0.131. The van der Waals surface area contributed by atoms with E-state index in [-0.39, 0.29) is 18.7 Å². The average Bonchev–Trinajstić information content (AvgIpc) is 2.83. The smallest absolute Gasteiger partial charge is 0.325 e. The van der Waals surface area contributed by atoms with E-state index in [1.807, 2.05) is 25.1 Å². The number of aryl methyl sites for hydroxylation is 1. The number of hydrogen-bond acceptors (Lipinski definition) is 3. The number of amides is 3. The lowest BCUT2D eigenvalue weighted by atomic mass is 9.92. The molecule has 2 aromatic rings. The Kier molecular flexibility index (Phi) is 4.63. The van der Waals surface area contributed by atoms with Gasteiger partial charge in [0.25, 0.3) is 5.91 Å². The summed E-state index contributed by atoms with van der Waals surface area (Å²) in [6.45, 7) is 3.52. The molecule has 1 fully saturated rings. The number of rotatable bonds is 5. The Hall–Kier alpha value is -2.96. The van der Waals surface area contributed by atoms with E-state index < -0.39 is 29.1 Å². The Bertz CT molecular complexity index is 872. The van der Waals surface area contributed by atoms with E-state index in [0.29, 0.717) is 5.75 Å². The Morgan fingerprint density at radius 2 is 1.85 bits per heavy atom. The molecule has 0 radical (unpaired) electrons. The predicted octanol–water partition coefficient (Wildman–Crippen LogP) is 3.12. The van der Waals surface area contributed by atoms with Crippen molar-refractivity contribution in [2.75, 3.05) is 13.2 Å². The summed E-state index contributed by atoms with van der Waals surface area (Å²) in [5.74, 6) is -1.96. The van der Waals surface area contributed by atoms with Gasteiger partial charge in [-0.2, -0.15) is 0 Å². The van der Waals surface area contributed by atoms with Crippen LogP contribution in [0.5, 0.6) is 5.75 Å². The first-order chi connectivity index (χ1) is 12.3. The molecule has 1 aliphatic heterocycles. The number of ether oxygens (including phenoxy) is 1. The fraction of sp³-hybridized carbons (Fsp3) is 0.263. The van der Waals surface area contributed by atoms with Crippen LogP contribution in [0.3, 0.4) is 0 Å². The number of para-hydroxylation sites is 1. The first kappa shape index (κ1) is 17.8. The van der Waals surface area contributed by atoms with Gasteiger partial charge in [-0.15, -0.1) is 0 Å². The summed E-state index contributed by atoms with van der Waals surface area (Å²) in [4.78, 5) is 25.9. The number of carbonyl (C=O) groups is 2. The largest absolute Gasteiger partial charge is 0.491 e. The Balaban J connectivity index is 1.72. The number of halogens is 2. The van der Waals surface area contributed by atoms with Gasteiger partial charge in [-0.05, 0) is 43.2 Å². The summed E-state index contributed by atoms with van der Waals surface area (Å²) in [5.41, 5.74) is -0.331. The van der Waals surface area contributed by atoms with Crippen molar-refractivity contribution in [3.63, 3.8) is 0 Å². The number of hydrogen-bond donors (Lipinski definition) is 1. The van der Waals surface area contributed by atoms with Gasteiger partial charge in [0.1, 0.15) is 17.9 Å². The van der Waals surface area contributed by atoms with Crippen LogP contribution < -0.4 is 10.1 Å². The molecule has 7 heteroatoms. The molecule has 0 bridgehead atoms. The SMILES string of the molecule is Cc1ccccc1OCCN1C(=O)NC(C)(c2ccc(F)c(F)c2)C1=O. The second-order valence-electron chi connectivity index (χ2n) is 6.25. The van der Waals surface area contributed by atoms with Crippen molar-refractivity contribution in [1.82, 2.24) is 10.2 Å². The highest BCUT2D eigenvalue weighted by Gasteiger charge is 2.49. The van der Waals surface area contributed by atoms with E-state index in [1.54, 1.807) is 6.07 Å². The third kappa shape index (κ3) is 3.12. The average molecular weight is 360 g/mol. The van der Waals surface area contributed by atoms with E-state index in [2.05, 4.69) is 5.32 Å². The number of imide groups is 1. The normalized spacial score (nSPS) is 19.6. The molecule has 0 aliphatic carbocycles. The molecule has 1 N–H and O–H groups in total. The van der Waals surface area contributed by atoms with Gasteiger partial charge in [0.2, 0.25) is 0 Å². The minimum absolute atomic E-state index is 0.0399. The number of nitrogens with zero attached hydrogens (tertiary/aromatic N) is 1. The maximum atomic E-state index is 13.5. The molecule has 3 amide bonds. The molecule has 136 valence electrons. The fourth-order valence-corrected chi connectivity index (χ4v) is 2.87. The Morgan fingerprint density at radius 1 is 1.12 bits per heavy atom. The topological polar surface area (TPSA) is 58.6 Å². The van der Waals surface area contributed by atoms with Crippen molar-refractivity contribution < 1.29 is 23.1 Å². The highest BCUT2D eigenvalue weighted by atomic mass is 19.2. The molecule has 0 saturated carbocycles. The van der Waals surface area contributed by atoms with E-state index in [1.165, 1.54) is 13.0 Å². The van der Waals surface area contributed by atoms with Crippen LogP contribution in [0.1, 0.15) is 18.1 Å². The van der Waals surface area contributed by atoms with Gasteiger partial charge < -0.3 is 10.1 Å². The molecule has 3 rings (SSSR count). The van der Waals surface area contributed by atoms with Crippen LogP contribution in [0, 0.1) is 18.6 Å². The van der Waals surface area contributed by atoms with Gasteiger partial charge in [-0.1, -0.05) is 24.3 Å². The molecule has 1 unspecified atom stereocenters. The van der Waals surface area contributed by atoms with Crippen molar-refractivity contribution in [1.29, 1.82) is 0 Å². The molecule has 1 atom stereocenters. The molecule has 5 nitrogen and oxygen atoms in total. The molecular formula is C19H18F2N2O3. The zero-order valence-electron chi connectivity index (χ0n) is 14.4. The van der Waals surface area contributed by atoms with Crippen LogP contribution in [-0.2, 0) is 10.3 Å². The molecule has 26 heavy (non-hydrogen) atoms. The summed E-state index contributed by atoms with van der Waals surface area (Å²) in [7, 11) is 0. The molecule has 1 aliphatic rings. The van der Waals surface area contributed by atoms with Crippen molar-refractivity contribution in [2.24, 2.45) is 0 Å². The van der Waals surface area contributed by atoms with Gasteiger partial charge in [0.15, 0.2) is 11.6 Å². The van der Waals surface area contributed by atoms with Crippen molar-refractivity contribution >= 4 is 11.9 Å².